The van der Waals surface area contributed by atoms with Gasteiger partial charge in [-0.25, -0.2) is 9.78 Å². The normalized spacial score (nSPS) is 17.6. The molecule has 9 nitrogen and oxygen atoms in total. The number of aryl methyl sites for hydroxylation is 1. The predicted molar refractivity (Wildman–Crippen MR) is 120 cm³/mol. The number of Topliss-reactive ketones (excluding diaryl/α,β-unsaturated/α-hetero) is 2. The van der Waals surface area contributed by atoms with Gasteiger partial charge in [0.25, 0.3) is 5.91 Å². The van der Waals surface area contributed by atoms with E-state index in [0.29, 0.717) is 25.9 Å². The van der Waals surface area contributed by atoms with Gasteiger partial charge in [0.15, 0.2) is 5.78 Å². The van der Waals surface area contributed by atoms with E-state index in [1.807, 2.05) is 41.1 Å². The maximum Gasteiger partial charge on any atom is 0.408 e. The van der Waals surface area contributed by atoms with Gasteiger partial charge in [-0.1, -0.05) is 44.2 Å². The lowest BCUT2D eigenvalue weighted by molar-refractivity contribution is -0.141. The van der Waals surface area contributed by atoms with Gasteiger partial charge >= 0.3 is 6.09 Å². The largest absolute Gasteiger partial charge is 0.445 e. The third-order valence-electron chi connectivity index (χ3n) is 5.70. The number of fused-ring (bicyclic) bond motifs is 1. The van der Waals surface area contributed by atoms with Crippen LogP contribution in [0.25, 0.3) is 0 Å². The number of hydrogen-bond acceptors (Lipinski definition) is 6. The van der Waals surface area contributed by atoms with Crippen LogP contribution in [0.15, 0.2) is 42.7 Å². The third kappa shape index (κ3) is 6.74. The molecule has 1 aromatic heterocycles. The Kier molecular flexibility index (Phi) is 8.34. The Labute approximate surface area is 192 Å². The van der Waals surface area contributed by atoms with Gasteiger partial charge in [0, 0.05) is 44.2 Å². The molecule has 2 heterocycles. The van der Waals surface area contributed by atoms with Gasteiger partial charge in [-0.05, 0) is 17.9 Å². The highest BCUT2D eigenvalue weighted by Gasteiger charge is 2.32. The summed E-state index contributed by atoms with van der Waals surface area (Å²) in [6.45, 7) is 4.47. The molecule has 3 rings (SSSR count). The minimum absolute atomic E-state index is 0.0835. The zero-order valence-corrected chi connectivity index (χ0v) is 19.0. The average molecular weight is 455 g/mol. The lowest BCUT2D eigenvalue weighted by Gasteiger charge is -2.24. The topological polar surface area (TPSA) is 119 Å². The van der Waals surface area contributed by atoms with E-state index in [1.54, 1.807) is 20.0 Å². The number of alkyl carbamates (subject to hydrolysis) is 1. The van der Waals surface area contributed by atoms with Crippen LogP contribution in [-0.4, -0.2) is 45.7 Å². The van der Waals surface area contributed by atoms with Crippen molar-refractivity contribution < 1.29 is 23.9 Å². The molecule has 2 atom stereocenters. The van der Waals surface area contributed by atoms with Crippen molar-refractivity contribution in [3.63, 3.8) is 0 Å². The quantitative estimate of drug-likeness (QED) is 0.618. The second-order valence-electron chi connectivity index (χ2n) is 8.49. The second kappa shape index (κ2) is 11.4. The summed E-state index contributed by atoms with van der Waals surface area (Å²) < 4.78 is 7.17. The Bertz CT molecular complexity index is 986. The molecule has 9 heteroatoms. The highest BCUT2D eigenvalue weighted by molar-refractivity contribution is 6.37. The lowest BCUT2D eigenvalue weighted by atomic mass is 9.88. The molecule has 2 aromatic rings. The van der Waals surface area contributed by atoms with E-state index in [9.17, 15) is 19.2 Å². The van der Waals surface area contributed by atoms with Crippen molar-refractivity contribution >= 4 is 23.6 Å². The van der Waals surface area contributed by atoms with Gasteiger partial charge in [0.1, 0.15) is 12.4 Å². The Balaban J connectivity index is 1.64. The molecule has 0 bridgehead atoms. The zero-order valence-electron chi connectivity index (χ0n) is 19.0. The molecule has 0 saturated heterocycles. The number of ketones is 2. The fraction of sp³-hybridized carbons (Fsp3) is 0.458. The molecular formula is C24H30N4O5. The van der Waals surface area contributed by atoms with Crippen LogP contribution >= 0.6 is 0 Å². The smallest absolute Gasteiger partial charge is 0.408 e. The monoisotopic (exact) mass is 454 g/mol. The Morgan fingerprint density at radius 1 is 1.24 bits per heavy atom. The summed E-state index contributed by atoms with van der Waals surface area (Å²) in [4.78, 5) is 54.7. The zero-order chi connectivity index (χ0) is 23.8. The van der Waals surface area contributed by atoms with E-state index in [2.05, 4.69) is 15.6 Å². The molecule has 2 N–H and O–H groups in total. The number of hydrogen-bond donors (Lipinski definition) is 2. The molecule has 0 spiro atoms. The SMILES string of the molecule is CC(C)C(NC(=O)OCc1ccccc1)C(=O)CC1CCn2ccnc2CCNC(=O)C1=O. The summed E-state index contributed by atoms with van der Waals surface area (Å²) in [6.07, 6.45) is 3.51. The van der Waals surface area contributed by atoms with E-state index >= 15 is 0 Å². The third-order valence-corrected chi connectivity index (χ3v) is 5.70. The van der Waals surface area contributed by atoms with Crippen LogP contribution < -0.4 is 10.6 Å². The summed E-state index contributed by atoms with van der Waals surface area (Å²) in [6, 6.07) is 8.39. The molecule has 2 amide bonds. The molecule has 0 fully saturated rings. The minimum Gasteiger partial charge on any atom is -0.445 e. The molecule has 1 aliphatic rings. The summed E-state index contributed by atoms with van der Waals surface area (Å²) in [5.41, 5.74) is 0.831. The van der Waals surface area contributed by atoms with Crippen LogP contribution in [0.4, 0.5) is 4.79 Å². The molecule has 2 unspecified atom stereocenters. The van der Waals surface area contributed by atoms with Crippen LogP contribution in [0, 0.1) is 11.8 Å². The van der Waals surface area contributed by atoms with Crippen LogP contribution in [0.3, 0.4) is 0 Å². The first kappa shape index (κ1) is 24.2. The summed E-state index contributed by atoms with van der Waals surface area (Å²) >= 11 is 0. The number of nitrogens with one attached hydrogen (secondary N) is 2. The van der Waals surface area contributed by atoms with Crippen LogP contribution in [0.1, 0.15) is 38.1 Å². The van der Waals surface area contributed by atoms with Crippen molar-refractivity contribution in [2.75, 3.05) is 6.54 Å². The Morgan fingerprint density at radius 2 is 2.00 bits per heavy atom. The van der Waals surface area contributed by atoms with Gasteiger partial charge < -0.3 is 19.9 Å². The number of imidazole rings is 1. The van der Waals surface area contributed by atoms with Crippen molar-refractivity contribution in [1.29, 1.82) is 0 Å². The minimum atomic E-state index is -0.830. The van der Waals surface area contributed by atoms with E-state index in [1.165, 1.54) is 0 Å². The van der Waals surface area contributed by atoms with E-state index in [-0.39, 0.29) is 24.7 Å². The number of benzene rings is 1. The number of carbonyl (C=O) groups is 4. The standard InChI is InChI=1S/C24H30N4O5/c1-16(2)21(27-24(32)33-15-17-6-4-3-5-7-17)19(29)14-18-9-12-28-13-11-25-20(28)8-10-26-23(31)22(18)30/h3-7,11,13,16,18,21H,8-10,12,14-15H2,1-2H3,(H,26,31)(H,27,32). The predicted octanol–water partition coefficient (Wildman–Crippen LogP) is 2.04. The molecule has 1 aliphatic heterocycles. The molecule has 33 heavy (non-hydrogen) atoms. The highest BCUT2D eigenvalue weighted by atomic mass is 16.5. The number of aromatic nitrogens is 2. The lowest BCUT2D eigenvalue weighted by Crippen LogP contribution is -2.46. The van der Waals surface area contributed by atoms with Crippen molar-refractivity contribution in [3.8, 4) is 0 Å². The summed E-state index contributed by atoms with van der Waals surface area (Å²) in [5.74, 6) is -1.79. The molecule has 1 aromatic carbocycles. The summed E-state index contributed by atoms with van der Waals surface area (Å²) in [7, 11) is 0. The molecule has 176 valence electrons. The maximum absolute atomic E-state index is 13.1. The Hall–Kier alpha value is -3.49. The van der Waals surface area contributed by atoms with Crippen LogP contribution in [-0.2, 0) is 38.7 Å². The average Bonchev–Trinajstić information content (AvgIpc) is 3.25. The summed E-state index contributed by atoms with van der Waals surface area (Å²) in [5, 5.41) is 5.24. The molecule has 0 aliphatic carbocycles. The van der Waals surface area contributed by atoms with Crippen LogP contribution in [0.5, 0.6) is 0 Å². The first-order valence-electron chi connectivity index (χ1n) is 11.2. The van der Waals surface area contributed by atoms with Gasteiger partial charge in [0.05, 0.1) is 6.04 Å². The number of carbonyl (C=O) groups excluding carboxylic acids is 4. The molecule has 0 radical (unpaired) electrons. The fourth-order valence-electron chi connectivity index (χ4n) is 3.83. The highest BCUT2D eigenvalue weighted by Crippen LogP contribution is 2.18. The van der Waals surface area contributed by atoms with Crippen molar-refractivity contribution in [2.24, 2.45) is 11.8 Å². The number of amides is 2. The fourth-order valence-corrected chi connectivity index (χ4v) is 3.83. The van der Waals surface area contributed by atoms with Crippen LogP contribution in [0.2, 0.25) is 0 Å². The van der Waals surface area contributed by atoms with Crippen molar-refractivity contribution in [3.05, 3.63) is 54.1 Å². The van der Waals surface area contributed by atoms with Gasteiger partial charge in [-0.3, -0.25) is 14.4 Å². The van der Waals surface area contributed by atoms with E-state index in [0.717, 1.165) is 11.4 Å². The molecule has 0 saturated carbocycles. The first-order valence-corrected chi connectivity index (χ1v) is 11.2. The van der Waals surface area contributed by atoms with E-state index in [4.69, 9.17) is 4.74 Å². The van der Waals surface area contributed by atoms with Crippen molar-refractivity contribution in [1.82, 2.24) is 20.2 Å². The van der Waals surface area contributed by atoms with Gasteiger partial charge in [-0.2, -0.15) is 0 Å². The first-order chi connectivity index (χ1) is 15.8. The maximum atomic E-state index is 13.1. The second-order valence-corrected chi connectivity index (χ2v) is 8.49. The van der Waals surface area contributed by atoms with Gasteiger partial charge in [-0.15, -0.1) is 0 Å². The Morgan fingerprint density at radius 3 is 2.73 bits per heavy atom. The number of nitrogens with zero attached hydrogens (tertiary/aromatic N) is 2. The van der Waals surface area contributed by atoms with E-state index < -0.39 is 29.7 Å². The van der Waals surface area contributed by atoms with Crippen molar-refractivity contribution in [2.45, 2.75) is 52.3 Å². The van der Waals surface area contributed by atoms with Gasteiger partial charge in [0.2, 0.25) is 5.78 Å². The number of ether oxygens (including phenoxy) is 1. The molecular weight excluding hydrogens is 424 g/mol. The number of rotatable bonds is 7.